The maximum Gasteiger partial charge on any atom is 0.243 e. The second kappa shape index (κ2) is 7.24. The van der Waals surface area contributed by atoms with Gasteiger partial charge in [0.05, 0.1) is 4.90 Å². The Morgan fingerprint density at radius 3 is 2.38 bits per heavy atom. The van der Waals surface area contributed by atoms with E-state index in [2.05, 4.69) is 0 Å². The van der Waals surface area contributed by atoms with Gasteiger partial charge in [-0.05, 0) is 37.1 Å². The summed E-state index contributed by atoms with van der Waals surface area (Å²) in [5.74, 6) is 0.642. The largest absolute Gasteiger partial charge is 0.492 e. The predicted octanol–water partition coefficient (Wildman–Crippen LogP) is 1.98. The van der Waals surface area contributed by atoms with E-state index in [0.717, 1.165) is 25.7 Å². The van der Waals surface area contributed by atoms with Crippen LogP contribution in [0.4, 0.5) is 0 Å². The summed E-state index contributed by atoms with van der Waals surface area (Å²) < 4.78 is 32.5. The highest BCUT2D eigenvalue weighted by Crippen LogP contribution is 2.29. The Morgan fingerprint density at radius 2 is 1.86 bits per heavy atom. The molecule has 0 atom stereocenters. The van der Waals surface area contributed by atoms with Gasteiger partial charge < -0.3 is 10.5 Å². The molecule has 0 bridgehead atoms. The Hall–Kier alpha value is -1.11. The van der Waals surface area contributed by atoms with Gasteiger partial charge in [-0.3, -0.25) is 0 Å². The van der Waals surface area contributed by atoms with Crippen molar-refractivity contribution >= 4 is 10.0 Å². The Labute approximate surface area is 127 Å². The molecule has 0 aliphatic heterocycles. The van der Waals surface area contributed by atoms with E-state index in [0.29, 0.717) is 30.3 Å². The van der Waals surface area contributed by atoms with Crippen LogP contribution in [0.1, 0.15) is 32.6 Å². The lowest BCUT2D eigenvalue weighted by atomic mass is 10.2. The summed E-state index contributed by atoms with van der Waals surface area (Å²) in [5, 5.41) is 0. The van der Waals surface area contributed by atoms with Gasteiger partial charge in [-0.2, -0.15) is 4.31 Å². The molecule has 2 N–H and O–H groups in total. The lowest BCUT2D eigenvalue weighted by molar-refractivity contribution is 0.327. The van der Waals surface area contributed by atoms with E-state index in [1.54, 1.807) is 28.6 Å². The highest BCUT2D eigenvalue weighted by atomic mass is 32.2. The molecule has 1 aromatic rings. The van der Waals surface area contributed by atoms with Gasteiger partial charge >= 0.3 is 0 Å². The Morgan fingerprint density at radius 1 is 1.24 bits per heavy atom. The van der Waals surface area contributed by atoms with Gasteiger partial charge in [0.1, 0.15) is 12.4 Å². The Bertz CT molecular complexity index is 537. The van der Waals surface area contributed by atoms with E-state index >= 15 is 0 Å². The van der Waals surface area contributed by atoms with Crippen molar-refractivity contribution < 1.29 is 13.2 Å². The van der Waals surface area contributed by atoms with E-state index in [9.17, 15) is 8.42 Å². The smallest absolute Gasteiger partial charge is 0.243 e. The van der Waals surface area contributed by atoms with Gasteiger partial charge in [0, 0.05) is 19.1 Å². The summed E-state index contributed by atoms with van der Waals surface area (Å²) in [6.07, 6.45) is 4.15. The highest BCUT2D eigenvalue weighted by Gasteiger charge is 2.31. The molecule has 6 heteroatoms. The highest BCUT2D eigenvalue weighted by molar-refractivity contribution is 7.89. The fraction of sp³-hybridized carbons (Fsp3) is 0.600. The van der Waals surface area contributed by atoms with E-state index in [1.807, 2.05) is 6.92 Å². The van der Waals surface area contributed by atoms with Crippen LogP contribution in [0.25, 0.3) is 0 Å². The van der Waals surface area contributed by atoms with Crippen molar-refractivity contribution in [2.75, 3.05) is 19.7 Å². The van der Waals surface area contributed by atoms with Crippen LogP contribution < -0.4 is 10.5 Å². The van der Waals surface area contributed by atoms with Gasteiger partial charge in [-0.1, -0.05) is 19.8 Å². The van der Waals surface area contributed by atoms with Gasteiger partial charge in [0.25, 0.3) is 0 Å². The summed E-state index contributed by atoms with van der Waals surface area (Å²) in [4.78, 5) is 0.330. The summed E-state index contributed by atoms with van der Waals surface area (Å²) in [7, 11) is -3.42. The first kappa shape index (κ1) is 16.3. The lowest BCUT2D eigenvalue weighted by Crippen LogP contribution is -2.38. The van der Waals surface area contributed by atoms with Gasteiger partial charge in [-0.15, -0.1) is 0 Å². The second-order valence-corrected chi connectivity index (χ2v) is 7.15. The zero-order valence-electron chi connectivity index (χ0n) is 12.5. The average Bonchev–Trinajstić information content (AvgIpc) is 3.00. The van der Waals surface area contributed by atoms with Crippen molar-refractivity contribution in [1.82, 2.24) is 4.31 Å². The van der Waals surface area contributed by atoms with Gasteiger partial charge in [-0.25, -0.2) is 8.42 Å². The average molecular weight is 312 g/mol. The molecule has 5 nitrogen and oxygen atoms in total. The quantitative estimate of drug-likeness (QED) is 0.835. The molecule has 118 valence electrons. The topological polar surface area (TPSA) is 72.6 Å². The number of benzene rings is 1. The number of nitrogens with zero attached hydrogens (tertiary/aromatic N) is 1. The van der Waals surface area contributed by atoms with Crippen LogP contribution in [-0.4, -0.2) is 38.5 Å². The van der Waals surface area contributed by atoms with Crippen molar-refractivity contribution in [1.29, 1.82) is 0 Å². The molecule has 0 radical (unpaired) electrons. The minimum absolute atomic E-state index is 0.146. The van der Waals surface area contributed by atoms with Crippen molar-refractivity contribution in [2.45, 2.75) is 43.5 Å². The van der Waals surface area contributed by atoms with E-state index in [-0.39, 0.29) is 6.04 Å². The molecule has 0 spiro atoms. The van der Waals surface area contributed by atoms with Crippen LogP contribution in [-0.2, 0) is 10.0 Å². The number of hydrogen-bond acceptors (Lipinski definition) is 4. The van der Waals surface area contributed by atoms with Crippen molar-refractivity contribution in [3.8, 4) is 5.75 Å². The maximum atomic E-state index is 12.7. The molecule has 1 saturated carbocycles. The third-order valence-electron chi connectivity index (χ3n) is 3.86. The molecule has 2 rings (SSSR count). The number of sulfonamides is 1. The number of hydrogen-bond donors (Lipinski definition) is 1. The van der Waals surface area contributed by atoms with Crippen LogP contribution in [0.2, 0.25) is 0 Å². The monoisotopic (exact) mass is 312 g/mol. The van der Waals surface area contributed by atoms with Gasteiger partial charge in [0.15, 0.2) is 0 Å². The molecular formula is C15H24N2O3S. The van der Waals surface area contributed by atoms with Crippen LogP contribution in [0.3, 0.4) is 0 Å². The first-order chi connectivity index (χ1) is 10.1. The van der Waals surface area contributed by atoms with Crippen LogP contribution in [0, 0.1) is 0 Å². The standard InChI is InChI=1S/C15H24N2O3S/c1-2-17(13-5-3-4-6-13)21(18,19)15-9-7-14(8-10-15)20-12-11-16/h7-10,13H,2-6,11-12,16H2,1H3. The molecule has 1 fully saturated rings. The molecule has 0 saturated heterocycles. The molecule has 0 unspecified atom stereocenters. The zero-order valence-corrected chi connectivity index (χ0v) is 13.3. The van der Waals surface area contributed by atoms with Crippen LogP contribution >= 0.6 is 0 Å². The minimum atomic E-state index is -3.42. The number of rotatable bonds is 7. The summed E-state index contributed by atoms with van der Waals surface area (Å²) in [6, 6.07) is 6.74. The van der Waals surface area contributed by atoms with E-state index in [1.165, 1.54) is 0 Å². The van der Waals surface area contributed by atoms with E-state index in [4.69, 9.17) is 10.5 Å². The molecule has 0 aromatic heterocycles. The second-order valence-electron chi connectivity index (χ2n) is 5.26. The lowest BCUT2D eigenvalue weighted by Gasteiger charge is -2.26. The first-order valence-corrected chi connectivity index (χ1v) is 8.98. The Kier molecular flexibility index (Phi) is 5.61. The molecule has 1 aromatic carbocycles. The third-order valence-corrected chi connectivity index (χ3v) is 5.90. The molecule has 1 aliphatic carbocycles. The summed E-state index contributed by atoms with van der Waals surface area (Å²) >= 11 is 0. The van der Waals surface area contributed by atoms with E-state index < -0.39 is 10.0 Å². The molecule has 21 heavy (non-hydrogen) atoms. The fourth-order valence-corrected chi connectivity index (χ4v) is 4.53. The molecule has 0 amide bonds. The number of nitrogens with two attached hydrogens (primary N) is 1. The summed E-state index contributed by atoms with van der Waals surface area (Å²) in [5.41, 5.74) is 5.38. The molecule has 1 aliphatic rings. The molecular weight excluding hydrogens is 288 g/mol. The van der Waals surface area contributed by atoms with Crippen molar-refractivity contribution in [2.24, 2.45) is 5.73 Å². The van der Waals surface area contributed by atoms with Crippen LogP contribution in [0.15, 0.2) is 29.2 Å². The first-order valence-electron chi connectivity index (χ1n) is 7.54. The zero-order chi connectivity index (χ0) is 15.3. The maximum absolute atomic E-state index is 12.7. The third kappa shape index (κ3) is 3.75. The molecule has 0 heterocycles. The SMILES string of the molecule is CCN(C1CCCC1)S(=O)(=O)c1ccc(OCCN)cc1. The fourth-order valence-electron chi connectivity index (χ4n) is 2.84. The minimum Gasteiger partial charge on any atom is -0.492 e. The summed E-state index contributed by atoms with van der Waals surface area (Å²) in [6.45, 7) is 3.27. The Balaban J connectivity index is 2.17. The van der Waals surface area contributed by atoms with Gasteiger partial charge in [0.2, 0.25) is 10.0 Å². The predicted molar refractivity (Wildman–Crippen MR) is 82.8 cm³/mol. The van der Waals surface area contributed by atoms with Crippen LogP contribution in [0.5, 0.6) is 5.75 Å². The van der Waals surface area contributed by atoms with Crippen molar-refractivity contribution in [3.05, 3.63) is 24.3 Å². The normalized spacial score (nSPS) is 16.5. The number of ether oxygens (including phenoxy) is 1. The van der Waals surface area contributed by atoms with Crippen molar-refractivity contribution in [3.63, 3.8) is 0 Å².